The molecule has 2 rings (SSSR count). The molecule has 1 aliphatic heterocycles. The highest BCUT2D eigenvalue weighted by Crippen LogP contribution is 2.30. The van der Waals surface area contributed by atoms with Crippen molar-refractivity contribution >= 4 is 55.7 Å². The first kappa shape index (κ1) is 16.8. The van der Waals surface area contributed by atoms with Gasteiger partial charge >= 0.3 is 12.2 Å². The van der Waals surface area contributed by atoms with Gasteiger partial charge in [-0.05, 0) is 34.1 Å². The van der Waals surface area contributed by atoms with Gasteiger partial charge in [-0.3, -0.25) is 0 Å². The summed E-state index contributed by atoms with van der Waals surface area (Å²) < 4.78 is 11.0. The van der Waals surface area contributed by atoms with Gasteiger partial charge in [-0.1, -0.05) is 15.9 Å². The Labute approximate surface area is 144 Å². The van der Waals surface area contributed by atoms with Gasteiger partial charge in [0.2, 0.25) is 5.96 Å². The minimum atomic E-state index is -0.585. The van der Waals surface area contributed by atoms with Crippen molar-refractivity contribution < 1.29 is 19.1 Å². The molecular weight excluding hydrogens is 422 g/mol. The Kier molecular flexibility index (Phi) is 5.41. The minimum absolute atomic E-state index is 0.168. The number of amides is 2. The molecule has 0 aromatic heterocycles. The van der Waals surface area contributed by atoms with Gasteiger partial charge in [-0.25, -0.2) is 24.4 Å². The standard InChI is InChI=1S/C13H13Br2N3O4/c1-21-12(19)17-5-6-18(13(20)22-2)11(17)16-10-4-3-8(14)7-9(10)15/h3-4,7H,5-6H2,1-2H3. The maximum atomic E-state index is 11.8. The summed E-state index contributed by atoms with van der Waals surface area (Å²) in [5, 5.41) is 0. The molecule has 1 aromatic rings. The fraction of sp³-hybridized carbons (Fsp3) is 0.308. The zero-order valence-corrected chi connectivity index (χ0v) is 15.0. The van der Waals surface area contributed by atoms with Crippen molar-refractivity contribution in [3.63, 3.8) is 0 Å². The van der Waals surface area contributed by atoms with Crippen molar-refractivity contribution in [2.24, 2.45) is 4.99 Å². The third-order valence-corrected chi connectivity index (χ3v) is 4.08. The molecule has 0 saturated carbocycles. The lowest BCUT2D eigenvalue weighted by atomic mass is 10.3. The van der Waals surface area contributed by atoms with Crippen LogP contribution in [0.5, 0.6) is 0 Å². The third kappa shape index (κ3) is 3.41. The molecule has 0 radical (unpaired) electrons. The number of carbonyl (C=O) groups excluding carboxylic acids is 2. The molecule has 22 heavy (non-hydrogen) atoms. The Morgan fingerprint density at radius 1 is 1.09 bits per heavy atom. The molecule has 1 aromatic carbocycles. The minimum Gasteiger partial charge on any atom is -0.452 e. The van der Waals surface area contributed by atoms with Gasteiger partial charge in [0.25, 0.3) is 0 Å². The van der Waals surface area contributed by atoms with E-state index in [1.165, 1.54) is 24.0 Å². The number of hydrogen-bond donors (Lipinski definition) is 0. The summed E-state index contributed by atoms with van der Waals surface area (Å²) in [7, 11) is 2.55. The van der Waals surface area contributed by atoms with Crippen molar-refractivity contribution in [1.82, 2.24) is 9.80 Å². The van der Waals surface area contributed by atoms with Crippen LogP contribution in [-0.4, -0.2) is 55.3 Å². The first-order valence-electron chi connectivity index (χ1n) is 6.22. The highest BCUT2D eigenvalue weighted by Gasteiger charge is 2.36. The maximum Gasteiger partial charge on any atom is 0.416 e. The average molecular weight is 435 g/mol. The summed E-state index contributed by atoms with van der Waals surface area (Å²) in [4.78, 5) is 30.6. The molecule has 9 heteroatoms. The van der Waals surface area contributed by atoms with Crippen LogP contribution in [0.25, 0.3) is 0 Å². The van der Waals surface area contributed by atoms with Crippen LogP contribution in [0, 0.1) is 0 Å². The molecule has 0 aliphatic carbocycles. The summed E-state index contributed by atoms with van der Waals surface area (Å²) in [6, 6.07) is 5.38. The molecule has 1 fully saturated rings. The normalized spacial score (nSPS) is 14.1. The summed E-state index contributed by atoms with van der Waals surface area (Å²) in [5.74, 6) is 0.168. The van der Waals surface area contributed by atoms with E-state index in [0.29, 0.717) is 5.69 Å². The summed E-state index contributed by atoms with van der Waals surface area (Å²) in [6.45, 7) is 0.573. The second-order valence-electron chi connectivity index (χ2n) is 4.25. The van der Waals surface area contributed by atoms with E-state index in [0.717, 1.165) is 8.95 Å². The van der Waals surface area contributed by atoms with Crippen LogP contribution in [0.2, 0.25) is 0 Å². The van der Waals surface area contributed by atoms with E-state index in [4.69, 9.17) is 9.47 Å². The lowest BCUT2D eigenvalue weighted by Crippen LogP contribution is -2.40. The van der Waals surface area contributed by atoms with Gasteiger partial charge in [-0.2, -0.15) is 0 Å². The maximum absolute atomic E-state index is 11.8. The smallest absolute Gasteiger partial charge is 0.416 e. The van der Waals surface area contributed by atoms with Gasteiger partial charge in [0.15, 0.2) is 0 Å². The van der Waals surface area contributed by atoms with Crippen molar-refractivity contribution in [2.45, 2.75) is 0 Å². The first-order valence-corrected chi connectivity index (χ1v) is 7.81. The molecule has 0 bridgehead atoms. The van der Waals surface area contributed by atoms with E-state index >= 15 is 0 Å². The van der Waals surface area contributed by atoms with Gasteiger partial charge in [0.05, 0.1) is 33.0 Å². The van der Waals surface area contributed by atoms with E-state index in [-0.39, 0.29) is 19.0 Å². The van der Waals surface area contributed by atoms with E-state index in [2.05, 4.69) is 36.9 Å². The summed E-state index contributed by atoms with van der Waals surface area (Å²) in [5.41, 5.74) is 0.572. The number of methoxy groups -OCH3 is 2. The Morgan fingerprint density at radius 3 is 2.09 bits per heavy atom. The molecule has 7 nitrogen and oxygen atoms in total. The molecule has 0 unspecified atom stereocenters. The lowest BCUT2D eigenvalue weighted by molar-refractivity contribution is 0.147. The number of carbonyl (C=O) groups is 2. The monoisotopic (exact) mass is 433 g/mol. The predicted octanol–water partition coefficient (Wildman–Crippen LogP) is 3.35. The zero-order chi connectivity index (χ0) is 16.3. The lowest BCUT2D eigenvalue weighted by Gasteiger charge is -2.19. The van der Waals surface area contributed by atoms with Crippen molar-refractivity contribution in [2.75, 3.05) is 27.3 Å². The SMILES string of the molecule is COC(=O)N1CCN(C(=O)OC)C1=Nc1ccc(Br)cc1Br. The zero-order valence-electron chi connectivity index (χ0n) is 11.9. The molecule has 0 atom stereocenters. The molecular formula is C13H13Br2N3O4. The second kappa shape index (κ2) is 7.10. The predicted molar refractivity (Wildman–Crippen MR) is 87.2 cm³/mol. The van der Waals surface area contributed by atoms with Crippen LogP contribution >= 0.6 is 31.9 Å². The molecule has 1 saturated heterocycles. The van der Waals surface area contributed by atoms with Gasteiger partial charge in [0, 0.05) is 8.95 Å². The van der Waals surface area contributed by atoms with Gasteiger partial charge in [-0.15, -0.1) is 0 Å². The van der Waals surface area contributed by atoms with Crippen molar-refractivity contribution in [3.8, 4) is 0 Å². The highest BCUT2D eigenvalue weighted by molar-refractivity contribution is 9.11. The Balaban J connectivity index is 2.44. The number of guanidine groups is 1. The van der Waals surface area contributed by atoms with Gasteiger partial charge in [0.1, 0.15) is 0 Å². The molecule has 118 valence electrons. The fourth-order valence-electron chi connectivity index (χ4n) is 1.91. The van der Waals surface area contributed by atoms with E-state index in [9.17, 15) is 9.59 Å². The number of hydrogen-bond acceptors (Lipinski definition) is 5. The highest BCUT2D eigenvalue weighted by atomic mass is 79.9. The number of halogens is 2. The Hall–Kier alpha value is -1.61. The van der Waals surface area contributed by atoms with Crippen molar-refractivity contribution in [3.05, 3.63) is 27.1 Å². The third-order valence-electron chi connectivity index (χ3n) is 2.95. The molecule has 1 heterocycles. The second-order valence-corrected chi connectivity index (χ2v) is 6.02. The Bertz CT molecular complexity index is 610. The number of benzene rings is 1. The molecule has 1 aliphatic rings. The average Bonchev–Trinajstić information content (AvgIpc) is 2.92. The van der Waals surface area contributed by atoms with Crippen LogP contribution < -0.4 is 0 Å². The van der Waals surface area contributed by atoms with E-state index < -0.39 is 12.2 Å². The van der Waals surface area contributed by atoms with Crippen LogP contribution in [-0.2, 0) is 9.47 Å². The largest absolute Gasteiger partial charge is 0.452 e. The van der Waals surface area contributed by atoms with Crippen LogP contribution in [0.3, 0.4) is 0 Å². The van der Waals surface area contributed by atoms with Crippen LogP contribution in [0.1, 0.15) is 0 Å². The summed E-state index contributed by atoms with van der Waals surface area (Å²) >= 11 is 6.75. The summed E-state index contributed by atoms with van der Waals surface area (Å²) in [6.07, 6.45) is -1.17. The number of nitrogens with zero attached hydrogens (tertiary/aromatic N) is 3. The van der Waals surface area contributed by atoms with Crippen LogP contribution in [0.15, 0.2) is 32.1 Å². The number of rotatable bonds is 1. The van der Waals surface area contributed by atoms with Crippen molar-refractivity contribution in [1.29, 1.82) is 0 Å². The van der Waals surface area contributed by atoms with Gasteiger partial charge < -0.3 is 9.47 Å². The fourth-order valence-corrected chi connectivity index (χ4v) is 3.05. The molecule has 0 N–H and O–H groups in total. The Morgan fingerprint density at radius 2 is 1.64 bits per heavy atom. The van der Waals surface area contributed by atoms with E-state index in [1.54, 1.807) is 6.07 Å². The first-order chi connectivity index (χ1) is 10.5. The van der Waals surface area contributed by atoms with Crippen LogP contribution in [0.4, 0.5) is 15.3 Å². The molecule has 2 amide bonds. The number of aliphatic imine (C=N–C) groups is 1. The topological polar surface area (TPSA) is 71.4 Å². The number of ether oxygens (including phenoxy) is 2. The molecule has 0 spiro atoms. The quantitative estimate of drug-likeness (QED) is 0.679. The van der Waals surface area contributed by atoms with E-state index in [1.807, 2.05) is 12.1 Å².